The van der Waals surface area contributed by atoms with Crippen LogP contribution in [0.25, 0.3) is 0 Å². The van der Waals surface area contributed by atoms with Crippen LogP contribution in [-0.2, 0) is 4.79 Å². The SMILES string of the molecule is CCN(CC)C(=O)CSc1ccc(N)cc1Cl. The van der Waals surface area contributed by atoms with Crippen LogP contribution >= 0.6 is 23.4 Å². The summed E-state index contributed by atoms with van der Waals surface area (Å²) in [4.78, 5) is 14.5. The molecule has 3 nitrogen and oxygen atoms in total. The van der Waals surface area contributed by atoms with E-state index < -0.39 is 0 Å². The van der Waals surface area contributed by atoms with Gasteiger partial charge in [0.05, 0.1) is 10.8 Å². The third-order valence-corrected chi connectivity index (χ3v) is 3.91. The molecule has 0 aliphatic heterocycles. The second kappa shape index (κ2) is 6.77. The minimum atomic E-state index is 0.132. The number of hydrogen-bond donors (Lipinski definition) is 1. The van der Waals surface area contributed by atoms with Crippen molar-refractivity contribution in [3.63, 3.8) is 0 Å². The number of nitrogens with zero attached hydrogens (tertiary/aromatic N) is 1. The van der Waals surface area contributed by atoms with E-state index >= 15 is 0 Å². The molecular weight excluding hydrogens is 256 g/mol. The van der Waals surface area contributed by atoms with Crippen LogP contribution in [0.5, 0.6) is 0 Å². The lowest BCUT2D eigenvalue weighted by atomic mass is 10.3. The average Bonchev–Trinajstić information content (AvgIpc) is 2.29. The Kier molecular flexibility index (Phi) is 5.65. The molecule has 0 radical (unpaired) electrons. The number of benzene rings is 1. The van der Waals surface area contributed by atoms with Crippen LogP contribution in [0.3, 0.4) is 0 Å². The van der Waals surface area contributed by atoms with Crippen molar-refractivity contribution in [1.82, 2.24) is 4.90 Å². The summed E-state index contributed by atoms with van der Waals surface area (Å²) in [6.07, 6.45) is 0. The zero-order valence-corrected chi connectivity index (χ0v) is 11.6. The van der Waals surface area contributed by atoms with Crippen LogP contribution in [0.2, 0.25) is 5.02 Å². The van der Waals surface area contributed by atoms with Gasteiger partial charge in [-0.2, -0.15) is 0 Å². The second-order valence-electron chi connectivity index (χ2n) is 3.54. The highest BCUT2D eigenvalue weighted by Gasteiger charge is 2.11. The predicted molar refractivity (Wildman–Crippen MR) is 74.5 cm³/mol. The molecular formula is C12H17ClN2OS. The number of hydrogen-bond acceptors (Lipinski definition) is 3. The standard InChI is InChI=1S/C12H17ClN2OS/c1-3-15(4-2)12(16)8-17-11-6-5-9(14)7-10(11)13/h5-7H,3-4,8,14H2,1-2H3. The molecule has 0 aromatic heterocycles. The van der Waals surface area contributed by atoms with Crippen LogP contribution in [0.4, 0.5) is 5.69 Å². The first-order chi connectivity index (χ1) is 8.08. The molecule has 1 aromatic carbocycles. The van der Waals surface area contributed by atoms with Crippen LogP contribution in [0.1, 0.15) is 13.8 Å². The van der Waals surface area contributed by atoms with Gasteiger partial charge in [-0.3, -0.25) is 4.79 Å². The summed E-state index contributed by atoms with van der Waals surface area (Å²) >= 11 is 7.48. The monoisotopic (exact) mass is 272 g/mol. The molecule has 0 spiro atoms. The molecule has 0 fully saturated rings. The molecule has 1 rings (SSSR count). The van der Waals surface area contributed by atoms with Gasteiger partial charge in [-0.1, -0.05) is 11.6 Å². The van der Waals surface area contributed by atoms with E-state index in [4.69, 9.17) is 17.3 Å². The summed E-state index contributed by atoms with van der Waals surface area (Å²) in [6.45, 7) is 5.43. The van der Waals surface area contributed by atoms with Gasteiger partial charge in [-0.15, -0.1) is 11.8 Å². The fraction of sp³-hybridized carbons (Fsp3) is 0.417. The minimum Gasteiger partial charge on any atom is -0.399 e. The van der Waals surface area contributed by atoms with Crippen molar-refractivity contribution < 1.29 is 4.79 Å². The zero-order chi connectivity index (χ0) is 12.8. The van der Waals surface area contributed by atoms with Crippen molar-refractivity contribution in [2.75, 3.05) is 24.6 Å². The Labute approximate surface area is 111 Å². The van der Waals surface area contributed by atoms with Crippen LogP contribution in [0.15, 0.2) is 23.1 Å². The molecule has 0 aliphatic rings. The number of halogens is 1. The lowest BCUT2D eigenvalue weighted by Crippen LogP contribution is -2.31. The molecule has 5 heteroatoms. The van der Waals surface area contributed by atoms with Crippen molar-refractivity contribution in [1.29, 1.82) is 0 Å². The van der Waals surface area contributed by atoms with E-state index in [0.717, 1.165) is 18.0 Å². The number of carbonyl (C=O) groups is 1. The molecule has 0 saturated carbocycles. The maximum absolute atomic E-state index is 11.8. The number of nitrogens with two attached hydrogens (primary N) is 1. The van der Waals surface area contributed by atoms with Gasteiger partial charge in [-0.25, -0.2) is 0 Å². The maximum Gasteiger partial charge on any atom is 0.232 e. The highest BCUT2D eigenvalue weighted by molar-refractivity contribution is 8.00. The van der Waals surface area contributed by atoms with Crippen LogP contribution in [-0.4, -0.2) is 29.6 Å². The molecule has 1 aromatic rings. The fourth-order valence-electron chi connectivity index (χ4n) is 1.44. The Morgan fingerprint density at radius 1 is 1.41 bits per heavy atom. The number of nitrogen functional groups attached to an aromatic ring is 1. The van der Waals surface area contributed by atoms with Crippen molar-refractivity contribution in [3.05, 3.63) is 23.2 Å². The van der Waals surface area contributed by atoms with Crippen molar-refractivity contribution in [2.45, 2.75) is 18.7 Å². The largest absolute Gasteiger partial charge is 0.399 e. The maximum atomic E-state index is 11.8. The predicted octanol–water partition coefficient (Wildman–Crippen LogP) is 2.88. The molecule has 94 valence electrons. The molecule has 0 saturated heterocycles. The first-order valence-corrected chi connectivity index (χ1v) is 6.90. The summed E-state index contributed by atoms with van der Waals surface area (Å²) in [6, 6.07) is 5.33. The lowest BCUT2D eigenvalue weighted by molar-refractivity contribution is -0.127. The Morgan fingerprint density at radius 3 is 2.59 bits per heavy atom. The van der Waals surface area contributed by atoms with E-state index in [1.54, 1.807) is 17.0 Å². The highest BCUT2D eigenvalue weighted by Crippen LogP contribution is 2.28. The van der Waals surface area contributed by atoms with Gasteiger partial charge < -0.3 is 10.6 Å². The number of amides is 1. The van der Waals surface area contributed by atoms with E-state index in [9.17, 15) is 4.79 Å². The van der Waals surface area contributed by atoms with E-state index in [1.165, 1.54) is 11.8 Å². The molecule has 0 unspecified atom stereocenters. The van der Waals surface area contributed by atoms with Gasteiger partial charge in [0.25, 0.3) is 0 Å². The quantitative estimate of drug-likeness (QED) is 0.662. The molecule has 17 heavy (non-hydrogen) atoms. The van der Waals surface area contributed by atoms with Gasteiger partial charge in [0.15, 0.2) is 0 Å². The van der Waals surface area contributed by atoms with E-state index in [2.05, 4.69) is 0 Å². The topological polar surface area (TPSA) is 46.3 Å². The number of thioether (sulfide) groups is 1. The second-order valence-corrected chi connectivity index (χ2v) is 4.97. The van der Waals surface area contributed by atoms with Gasteiger partial charge in [-0.05, 0) is 32.0 Å². The zero-order valence-electron chi connectivity index (χ0n) is 10.1. The molecule has 0 bridgehead atoms. The van der Waals surface area contributed by atoms with Crippen molar-refractivity contribution in [3.8, 4) is 0 Å². The highest BCUT2D eigenvalue weighted by atomic mass is 35.5. The summed E-state index contributed by atoms with van der Waals surface area (Å²) in [5, 5.41) is 0.599. The van der Waals surface area contributed by atoms with Gasteiger partial charge in [0.1, 0.15) is 0 Å². The molecule has 0 heterocycles. The molecule has 1 amide bonds. The minimum absolute atomic E-state index is 0.132. The first-order valence-electron chi connectivity index (χ1n) is 5.54. The Balaban J connectivity index is 2.58. The van der Waals surface area contributed by atoms with Crippen molar-refractivity contribution in [2.24, 2.45) is 0 Å². The summed E-state index contributed by atoms with van der Waals surface area (Å²) in [5.74, 6) is 0.540. The number of rotatable bonds is 5. The third kappa shape index (κ3) is 4.13. The Morgan fingerprint density at radius 2 is 2.06 bits per heavy atom. The summed E-state index contributed by atoms with van der Waals surface area (Å²) < 4.78 is 0. The average molecular weight is 273 g/mol. The van der Waals surface area contributed by atoms with E-state index in [-0.39, 0.29) is 5.91 Å². The molecule has 0 aliphatic carbocycles. The summed E-state index contributed by atoms with van der Waals surface area (Å²) in [7, 11) is 0. The lowest BCUT2D eigenvalue weighted by Gasteiger charge is -2.18. The van der Waals surface area contributed by atoms with Crippen LogP contribution < -0.4 is 5.73 Å². The first kappa shape index (κ1) is 14.2. The van der Waals surface area contributed by atoms with Crippen molar-refractivity contribution >= 4 is 35.0 Å². The number of carbonyl (C=O) groups excluding carboxylic acids is 1. The van der Waals surface area contributed by atoms with Gasteiger partial charge in [0, 0.05) is 23.7 Å². The Hall–Kier alpha value is -0.870. The smallest absolute Gasteiger partial charge is 0.232 e. The van der Waals surface area contributed by atoms with E-state index in [0.29, 0.717) is 16.5 Å². The van der Waals surface area contributed by atoms with Gasteiger partial charge in [0.2, 0.25) is 5.91 Å². The van der Waals surface area contributed by atoms with Crippen LogP contribution in [0, 0.1) is 0 Å². The van der Waals surface area contributed by atoms with E-state index in [1.807, 2.05) is 19.9 Å². The Bertz CT molecular complexity index is 394. The van der Waals surface area contributed by atoms with Gasteiger partial charge >= 0.3 is 0 Å². The molecule has 2 N–H and O–H groups in total. The number of anilines is 1. The normalized spacial score (nSPS) is 10.3. The fourth-order valence-corrected chi connectivity index (χ4v) is 2.62. The summed E-state index contributed by atoms with van der Waals surface area (Å²) in [5.41, 5.74) is 6.24. The molecule has 0 atom stereocenters. The third-order valence-electron chi connectivity index (χ3n) is 2.42.